The Morgan fingerprint density at radius 2 is 2.10 bits per heavy atom. The molecule has 1 saturated heterocycles. The second-order valence-electron chi connectivity index (χ2n) is 5.14. The van der Waals surface area contributed by atoms with Gasteiger partial charge in [0.1, 0.15) is 0 Å². The molecule has 0 aliphatic carbocycles. The lowest BCUT2D eigenvalue weighted by atomic mass is 9.87. The molecule has 2 N–H and O–H groups in total. The second-order valence-corrected chi connectivity index (χ2v) is 5.14. The zero-order valence-corrected chi connectivity index (χ0v) is 11.0. The van der Waals surface area contributed by atoms with Gasteiger partial charge in [0, 0.05) is 6.04 Å². The molecule has 1 heterocycles. The maximum atomic E-state index is 12.6. The van der Waals surface area contributed by atoms with Crippen LogP contribution in [0.5, 0.6) is 0 Å². The van der Waals surface area contributed by atoms with Gasteiger partial charge in [0.25, 0.3) is 0 Å². The van der Waals surface area contributed by atoms with Gasteiger partial charge < -0.3 is 10.4 Å². The number of aryl methyl sites for hydroxylation is 1. The van der Waals surface area contributed by atoms with E-state index in [1.54, 1.807) is 6.92 Å². The number of nitrogens with one attached hydrogen (secondary N) is 1. The highest BCUT2D eigenvalue weighted by atomic mass is 19.4. The Bertz CT molecular complexity index is 514. The average Bonchev–Trinajstić information content (AvgIpc) is 2.37. The van der Waals surface area contributed by atoms with Crippen molar-refractivity contribution in [3.8, 4) is 0 Å². The van der Waals surface area contributed by atoms with Crippen LogP contribution in [0.15, 0.2) is 18.2 Å². The highest BCUT2D eigenvalue weighted by molar-refractivity contribution is 5.70. The van der Waals surface area contributed by atoms with Gasteiger partial charge in [0.2, 0.25) is 0 Å². The van der Waals surface area contributed by atoms with Crippen LogP contribution in [0.4, 0.5) is 13.2 Å². The number of piperidine rings is 1. The summed E-state index contributed by atoms with van der Waals surface area (Å²) in [5.41, 5.74) is 0.594. The summed E-state index contributed by atoms with van der Waals surface area (Å²) in [5, 5.41) is 12.2. The first kappa shape index (κ1) is 14.8. The number of hydrogen-bond acceptors (Lipinski definition) is 2. The Labute approximate surface area is 114 Å². The number of alkyl halides is 3. The summed E-state index contributed by atoms with van der Waals surface area (Å²) in [5.74, 6) is -1.29. The molecule has 2 atom stereocenters. The van der Waals surface area contributed by atoms with Crippen molar-refractivity contribution < 1.29 is 23.1 Å². The van der Waals surface area contributed by atoms with Crippen molar-refractivity contribution in [1.29, 1.82) is 0 Å². The van der Waals surface area contributed by atoms with Gasteiger partial charge in [-0.25, -0.2) is 0 Å². The Balaban J connectivity index is 2.23. The number of carboxylic acid groups (broad SMARTS) is 1. The average molecular weight is 287 g/mol. The van der Waals surface area contributed by atoms with E-state index in [-0.39, 0.29) is 6.04 Å². The molecule has 1 aliphatic rings. The van der Waals surface area contributed by atoms with Crippen LogP contribution < -0.4 is 5.32 Å². The molecule has 1 aromatic rings. The van der Waals surface area contributed by atoms with E-state index in [0.29, 0.717) is 24.9 Å². The van der Waals surface area contributed by atoms with Crippen molar-refractivity contribution in [3.63, 3.8) is 0 Å². The molecule has 6 heteroatoms. The largest absolute Gasteiger partial charge is 0.481 e. The molecule has 1 aromatic carbocycles. The van der Waals surface area contributed by atoms with Gasteiger partial charge in [0.05, 0.1) is 11.5 Å². The van der Waals surface area contributed by atoms with E-state index >= 15 is 0 Å². The lowest BCUT2D eigenvalue weighted by molar-refractivity contribution is -0.143. The summed E-state index contributed by atoms with van der Waals surface area (Å²) in [6.07, 6.45) is -3.40. The zero-order chi connectivity index (χ0) is 14.9. The monoisotopic (exact) mass is 287 g/mol. The summed E-state index contributed by atoms with van der Waals surface area (Å²) in [7, 11) is 0. The van der Waals surface area contributed by atoms with E-state index < -0.39 is 23.6 Å². The van der Waals surface area contributed by atoms with Gasteiger partial charge in [-0.15, -0.1) is 0 Å². The van der Waals surface area contributed by atoms with Crippen LogP contribution >= 0.6 is 0 Å². The smallest absolute Gasteiger partial charge is 0.416 e. The van der Waals surface area contributed by atoms with E-state index in [9.17, 15) is 18.0 Å². The molecule has 20 heavy (non-hydrogen) atoms. The van der Waals surface area contributed by atoms with E-state index in [1.165, 1.54) is 6.07 Å². The Morgan fingerprint density at radius 3 is 2.65 bits per heavy atom. The molecular formula is C14H16F3NO2. The molecule has 0 saturated carbocycles. The molecule has 1 aliphatic heterocycles. The Hall–Kier alpha value is -1.56. The predicted octanol–water partition coefficient (Wildman–Crippen LogP) is 3.14. The summed E-state index contributed by atoms with van der Waals surface area (Å²) >= 11 is 0. The van der Waals surface area contributed by atoms with Crippen molar-refractivity contribution in [2.75, 3.05) is 6.54 Å². The van der Waals surface area contributed by atoms with E-state index in [4.69, 9.17) is 5.11 Å². The lowest BCUT2D eigenvalue weighted by Crippen LogP contribution is -2.35. The van der Waals surface area contributed by atoms with Crippen molar-refractivity contribution in [2.24, 2.45) is 5.92 Å². The fraction of sp³-hybridized carbons (Fsp3) is 0.500. The van der Waals surface area contributed by atoms with Crippen LogP contribution in [0.2, 0.25) is 0 Å². The number of halogens is 3. The van der Waals surface area contributed by atoms with Crippen molar-refractivity contribution in [3.05, 3.63) is 34.9 Å². The third kappa shape index (κ3) is 3.12. The second kappa shape index (κ2) is 5.44. The number of carboxylic acids is 1. The number of hydrogen-bond donors (Lipinski definition) is 2. The van der Waals surface area contributed by atoms with E-state index in [1.807, 2.05) is 0 Å². The van der Waals surface area contributed by atoms with Gasteiger partial charge in [-0.3, -0.25) is 4.79 Å². The molecular weight excluding hydrogens is 271 g/mol. The standard InChI is InChI=1S/C14H16F3NO2/c1-8-6-10(14(15,16)17)2-3-11(8)12-7-9(13(19)20)4-5-18-12/h2-3,6,9,12,18H,4-5,7H2,1H3,(H,19,20). The minimum absolute atomic E-state index is 0.202. The van der Waals surface area contributed by atoms with Crippen LogP contribution in [0.3, 0.4) is 0 Å². The van der Waals surface area contributed by atoms with E-state index in [0.717, 1.165) is 17.7 Å². The number of benzene rings is 1. The highest BCUT2D eigenvalue weighted by Gasteiger charge is 2.32. The van der Waals surface area contributed by atoms with Gasteiger partial charge in [-0.05, 0) is 49.6 Å². The Kier molecular flexibility index (Phi) is 4.04. The topological polar surface area (TPSA) is 49.3 Å². The fourth-order valence-electron chi connectivity index (χ4n) is 2.62. The van der Waals surface area contributed by atoms with Gasteiger partial charge >= 0.3 is 12.1 Å². The third-order valence-corrected chi connectivity index (χ3v) is 3.73. The quantitative estimate of drug-likeness (QED) is 0.878. The molecule has 0 aromatic heterocycles. The molecule has 0 amide bonds. The van der Waals surface area contributed by atoms with Gasteiger partial charge in [-0.1, -0.05) is 6.07 Å². The summed E-state index contributed by atoms with van der Waals surface area (Å²) in [6, 6.07) is 3.41. The minimum Gasteiger partial charge on any atom is -0.481 e. The predicted molar refractivity (Wildman–Crippen MR) is 67.3 cm³/mol. The summed E-state index contributed by atoms with van der Waals surface area (Å²) in [4.78, 5) is 11.0. The van der Waals surface area contributed by atoms with E-state index in [2.05, 4.69) is 5.32 Å². The normalized spacial score (nSPS) is 23.6. The first-order chi connectivity index (χ1) is 9.29. The first-order valence-corrected chi connectivity index (χ1v) is 6.43. The lowest BCUT2D eigenvalue weighted by Gasteiger charge is -2.29. The zero-order valence-electron chi connectivity index (χ0n) is 11.0. The number of rotatable bonds is 2. The number of aliphatic carboxylic acids is 1. The molecule has 0 bridgehead atoms. The fourth-order valence-corrected chi connectivity index (χ4v) is 2.62. The van der Waals surface area contributed by atoms with Crippen molar-refractivity contribution in [2.45, 2.75) is 32.0 Å². The van der Waals surface area contributed by atoms with Crippen LogP contribution in [0.25, 0.3) is 0 Å². The van der Waals surface area contributed by atoms with Crippen LogP contribution in [-0.4, -0.2) is 17.6 Å². The minimum atomic E-state index is -4.35. The molecule has 0 radical (unpaired) electrons. The molecule has 110 valence electrons. The maximum Gasteiger partial charge on any atom is 0.416 e. The van der Waals surface area contributed by atoms with Crippen LogP contribution in [-0.2, 0) is 11.0 Å². The highest BCUT2D eigenvalue weighted by Crippen LogP contribution is 2.34. The molecule has 3 nitrogen and oxygen atoms in total. The molecule has 2 rings (SSSR count). The van der Waals surface area contributed by atoms with Crippen molar-refractivity contribution in [1.82, 2.24) is 5.32 Å². The first-order valence-electron chi connectivity index (χ1n) is 6.43. The molecule has 2 unspecified atom stereocenters. The molecule has 0 spiro atoms. The van der Waals surface area contributed by atoms with Crippen molar-refractivity contribution >= 4 is 5.97 Å². The van der Waals surface area contributed by atoms with Gasteiger partial charge in [-0.2, -0.15) is 13.2 Å². The Morgan fingerprint density at radius 1 is 1.40 bits per heavy atom. The summed E-state index contributed by atoms with van der Waals surface area (Å²) < 4.78 is 37.8. The maximum absolute atomic E-state index is 12.6. The third-order valence-electron chi connectivity index (χ3n) is 3.73. The summed E-state index contributed by atoms with van der Waals surface area (Å²) in [6.45, 7) is 2.18. The van der Waals surface area contributed by atoms with Gasteiger partial charge in [0.15, 0.2) is 0 Å². The van der Waals surface area contributed by atoms with Crippen LogP contribution in [0.1, 0.15) is 35.6 Å². The molecule has 1 fully saturated rings. The van der Waals surface area contributed by atoms with Crippen LogP contribution in [0, 0.1) is 12.8 Å². The SMILES string of the molecule is Cc1cc(C(F)(F)F)ccc1C1CC(C(=O)O)CCN1. The number of carbonyl (C=O) groups is 1.